The molecule has 0 amide bonds. The molecule has 0 bridgehead atoms. The SMILES string of the molecule is Cc1ccc2cc(C(C#N)NCCCN=[N+]=[N-])ccc2n1. The van der Waals surface area contributed by atoms with Crippen molar-refractivity contribution in [2.75, 3.05) is 13.1 Å². The van der Waals surface area contributed by atoms with Gasteiger partial charge in [0.1, 0.15) is 6.04 Å². The van der Waals surface area contributed by atoms with E-state index in [1.807, 2.05) is 37.3 Å². The molecule has 0 radical (unpaired) electrons. The predicted octanol–water partition coefficient (Wildman–Crippen LogP) is 3.40. The number of benzene rings is 1. The molecule has 1 N–H and O–H groups in total. The fraction of sp³-hybridized carbons (Fsp3) is 0.333. The number of hydrogen-bond donors (Lipinski definition) is 1. The van der Waals surface area contributed by atoms with E-state index >= 15 is 0 Å². The van der Waals surface area contributed by atoms with Gasteiger partial charge in [-0.15, -0.1) is 0 Å². The van der Waals surface area contributed by atoms with Crippen LogP contribution in [0.25, 0.3) is 21.3 Å². The third-order valence-corrected chi connectivity index (χ3v) is 3.16. The van der Waals surface area contributed by atoms with Crippen LogP contribution >= 0.6 is 0 Å². The molecule has 1 atom stereocenters. The molecule has 2 rings (SSSR count). The van der Waals surface area contributed by atoms with Crippen molar-refractivity contribution in [2.45, 2.75) is 19.4 Å². The number of aryl methyl sites for hydroxylation is 1. The highest BCUT2D eigenvalue weighted by Gasteiger charge is 2.10. The number of azide groups is 1. The van der Waals surface area contributed by atoms with Gasteiger partial charge in [-0.1, -0.05) is 17.2 Å². The van der Waals surface area contributed by atoms with E-state index in [9.17, 15) is 5.26 Å². The van der Waals surface area contributed by atoms with Crippen molar-refractivity contribution in [1.29, 1.82) is 5.26 Å². The number of nitriles is 1. The van der Waals surface area contributed by atoms with E-state index in [1.165, 1.54) is 0 Å². The van der Waals surface area contributed by atoms with E-state index in [-0.39, 0.29) is 6.04 Å². The molecular formula is C15H16N6. The Balaban J connectivity index is 2.09. The van der Waals surface area contributed by atoms with Gasteiger partial charge < -0.3 is 0 Å². The molecule has 6 heteroatoms. The summed E-state index contributed by atoms with van der Waals surface area (Å²) in [5.74, 6) is 0. The fourth-order valence-corrected chi connectivity index (χ4v) is 2.10. The molecule has 0 saturated heterocycles. The quantitative estimate of drug-likeness (QED) is 0.380. The van der Waals surface area contributed by atoms with E-state index < -0.39 is 0 Å². The van der Waals surface area contributed by atoms with E-state index in [1.54, 1.807) is 0 Å². The lowest BCUT2D eigenvalue weighted by atomic mass is 10.0. The number of hydrogen-bond acceptors (Lipinski definition) is 4. The van der Waals surface area contributed by atoms with E-state index in [4.69, 9.17) is 5.53 Å². The van der Waals surface area contributed by atoms with Crippen molar-refractivity contribution < 1.29 is 0 Å². The molecule has 0 spiro atoms. The molecule has 1 aromatic heterocycles. The summed E-state index contributed by atoms with van der Waals surface area (Å²) >= 11 is 0. The van der Waals surface area contributed by atoms with Crippen LogP contribution in [0.15, 0.2) is 35.4 Å². The highest BCUT2D eigenvalue weighted by Crippen LogP contribution is 2.19. The Morgan fingerprint density at radius 1 is 1.43 bits per heavy atom. The number of nitrogens with one attached hydrogen (secondary N) is 1. The minimum Gasteiger partial charge on any atom is -0.298 e. The summed E-state index contributed by atoms with van der Waals surface area (Å²) in [7, 11) is 0. The summed E-state index contributed by atoms with van der Waals surface area (Å²) in [5, 5.41) is 16.9. The van der Waals surface area contributed by atoms with E-state index in [2.05, 4.69) is 26.4 Å². The Morgan fingerprint density at radius 3 is 3.05 bits per heavy atom. The minimum absolute atomic E-state index is 0.373. The predicted molar refractivity (Wildman–Crippen MR) is 81.5 cm³/mol. The van der Waals surface area contributed by atoms with Gasteiger partial charge in [-0.2, -0.15) is 5.26 Å². The minimum atomic E-state index is -0.373. The van der Waals surface area contributed by atoms with E-state index in [0.29, 0.717) is 19.5 Å². The van der Waals surface area contributed by atoms with Crippen molar-refractivity contribution in [3.05, 3.63) is 52.0 Å². The Kier molecular flexibility index (Phi) is 5.10. The maximum atomic E-state index is 9.29. The Bertz CT molecular complexity index is 712. The molecule has 1 aromatic carbocycles. The van der Waals surface area contributed by atoms with Crippen LogP contribution in [0.5, 0.6) is 0 Å². The normalized spacial score (nSPS) is 11.6. The van der Waals surface area contributed by atoms with Crippen LogP contribution in [-0.2, 0) is 0 Å². The number of aromatic nitrogens is 1. The van der Waals surface area contributed by atoms with Crippen molar-refractivity contribution in [3.63, 3.8) is 0 Å². The molecule has 0 aliphatic carbocycles. The average molecular weight is 280 g/mol. The summed E-state index contributed by atoms with van der Waals surface area (Å²) in [4.78, 5) is 7.15. The second kappa shape index (κ2) is 7.25. The maximum Gasteiger partial charge on any atom is 0.121 e. The lowest BCUT2D eigenvalue weighted by Crippen LogP contribution is -2.21. The van der Waals surface area contributed by atoms with Gasteiger partial charge in [0.2, 0.25) is 0 Å². The van der Waals surface area contributed by atoms with Gasteiger partial charge in [0.15, 0.2) is 0 Å². The number of fused-ring (bicyclic) bond motifs is 1. The van der Waals surface area contributed by atoms with Crippen molar-refractivity contribution in [3.8, 4) is 6.07 Å². The first-order chi connectivity index (χ1) is 10.2. The van der Waals surface area contributed by atoms with Gasteiger partial charge in [-0.3, -0.25) is 10.3 Å². The van der Waals surface area contributed by atoms with Gasteiger partial charge in [0.25, 0.3) is 0 Å². The summed E-state index contributed by atoms with van der Waals surface area (Å²) in [6.07, 6.45) is 0.705. The van der Waals surface area contributed by atoms with Gasteiger partial charge in [0, 0.05) is 22.5 Å². The number of nitrogens with zero attached hydrogens (tertiary/aromatic N) is 5. The first-order valence-corrected chi connectivity index (χ1v) is 6.76. The third-order valence-electron chi connectivity index (χ3n) is 3.16. The molecule has 0 fully saturated rings. The van der Waals surface area contributed by atoms with Gasteiger partial charge >= 0.3 is 0 Å². The van der Waals surface area contributed by atoms with Gasteiger partial charge in [0.05, 0.1) is 11.6 Å². The number of rotatable bonds is 6. The van der Waals surface area contributed by atoms with E-state index in [0.717, 1.165) is 22.2 Å². The molecule has 1 heterocycles. The first-order valence-electron chi connectivity index (χ1n) is 6.76. The fourth-order valence-electron chi connectivity index (χ4n) is 2.10. The second-order valence-electron chi connectivity index (χ2n) is 4.73. The maximum absolute atomic E-state index is 9.29. The monoisotopic (exact) mass is 280 g/mol. The Hall–Kier alpha value is -2.61. The molecule has 0 saturated carbocycles. The van der Waals surface area contributed by atoms with Crippen LogP contribution in [0.2, 0.25) is 0 Å². The molecule has 21 heavy (non-hydrogen) atoms. The van der Waals surface area contributed by atoms with Gasteiger partial charge in [-0.25, -0.2) is 0 Å². The Labute approximate surface area is 123 Å². The standard InChI is InChI=1S/C15H16N6/c1-11-3-4-12-9-13(5-6-14(12)20-11)15(10-16)18-7-2-8-19-21-17/h3-6,9,15,18H,2,7-8H2,1H3. The van der Waals surface area contributed by atoms with Crippen molar-refractivity contribution >= 4 is 10.9 Å². The highest BCUT2D eigenvalue weighted by molar-refractivity contribution is 5.79. The third kappa shape index (κ3) is 3.93. The summed E-state index contributed by atoms with van der Waals surface area (Å²) < 4.78 is 0. The first kappa shape index (κ1) is 14.8. The summed E-state index contributed by atoms with van der Waals surface area (Å²) in [6, 6.07) is 11.7. The topological polar surface area (TPSA) is 97.5 Å². The molecule has 2 aromatic rings. The summed E-state index contributed by atoms with van der Waals surface area (Å²) in [6.45, 7) is 3.01. The van der Waals surface area contributed by atoms with Crippen LogP contribution in [-0.4, -0.2) is 18.1 Å². The van der Waals surface area contributed by atoms with Gasteiger partial charge in [-0.05, 0) is 49.2 Å². The largest absolute Gasteiger partial charge is 0.298 e. The zero-order valence-electron chi connectivity index (χ0n) is 11.8. The zero-order valence-corrected chi connectivity index (χ0v) is 11.8. The molecule has 106 valence electrons. The Morgan fingerprint density at radius 2 is 2.29 bits per heavy atom. The van der Waals surface area contributed by atoms with Crippen LogP contribution in [0.1, 0.15) is 23.7 Å². The lowest BCUT2D eigenvalue weighted by Gasteiger charge is -2.12. The molecular weight excluding hydrogens is 264 g/mol. The van der Waals surface area contributed by atoms with Crippen LogP contribution < -0.4 is 5.32 Å². The second-order valence-corrected chi connectivity index (χ2v) is 4.73. The van der Waals surface area contributed by atoms with Crippen LogP contribution in [0.3, 0.4) is 0 Å². The molecule has 1 unspecified atom stereocenters. The highest BCUT2D eigenvalue weighted by atomic mass is 15.1. The molecule has 0 aliphatic rings. The molecule has 6 nitrogen and oxygen atoms in total. The van der Waals surface area contributed by atoms with Crippen LogP contribution in [0.4, 0.5) is 0 Å². The summed E-state index contributed by atoms with van der Waals surface area (Å²) in [5.41, 5.74) is 11.0. The smallest absolute Gasteiger partial charge is 0.121 e. The average Bonchev–Trinajstić information content (AvgIpc) is 2.50. The number of pyridine rings is 1. The zero-order chi connectivity index (χ0) is 15.1. The van der Waals surface area contributed by atoms with Crippen LogP contribution in [0, 0.1) is 18.3 Å². The lowest BCUT2D eigenvalue weighted by molar-refractivity contribution is 0.608. The van der Waals surface area contributed by atoms with Crippen molar-refractivity contribution in [2.24, 2.45) is 5.11 Å². The van der Waals surface area contributed by atoms with Crippen molar-refractivity contribution in [1.82, 2.24) is 10.3 Å². The molecule has 0 aliphatic heterocycles.